The topological polar surface area (TPSA) is 50.3 Å². The van der Waals surface area contributed by atoms with Crippen molar-refractivity contribution in [2.24, 2.45) is 0 Å². The monoisotopic (exact) mass is 342 g/mol. The Labute approximate surface area is 133 Å². The lowest BCUT2D eigenvalue weighted by Crippen LogP contribution is -2.45. The maximum Gasteiger partial charge on any atom is 0.185 e. The lowest BCUT2D eigenvalue weighted by Gasteiger charge is -2.30. The second-order valence-electron chi connectivity index (χ2n) is 5.12. The molecule has 4 nitrogen and oxygen atoms in total. The fourth-order valence-electron chi connectivity index (χ4n) is 2.33. The van der Waals surface area contributed by atoms with Crippen LogP contribution < -0.4 is 4.90 Å². The smallest absolute Gasteiger partial charge is 0.185 e. The van der Waals surface area contributed by atoms with Gasteiger partial charge in [0.05, 0.1) is 16.7 Å². The Morgan fingerprint density at radius 3 is 2.86 bits per heavy atom. The molecular formula is C14H15ClN2O2S2. The summed E-state index contributed by atoms with van der Waals surface area (Å²) in [5.41, 5.74) is 1.74. The average molecular weight is 343 g/mol. The van der Waals surface area contributed by atoms with Crippen molar-refractivity contribution in [2.45, 2.75) is 12.2 Å². The van der Waals surface area contributed by atoms with Gasteiger partial charge in [-0.05, 0) is 13.0 Å². The lowest BCUT2D eigenvalue weighted by molar-refractivity contribution is 0.569. The van der Waals surface area contributed by atoms with Crippen LogP contribution in [0.3, 0.4) is 0 Å². The van der Waals surface area contributed by atoms with Gasteiger partial charge in [0.15, 0.2) is 15.0 Å². The minimum Gasteiger partial charge on any atom is -0.346 e. The maximum absolute atomic E-state index is 11.8. The molecule has 0 N–H and O–H groups in total. The van der Waals surface area contributed by atoms with Crippen molar-refractivity contribution in [1.82, 2.24) is 4.98 Å². The summed E-state index contributed by atoms with van der Waals surface area (Å²) >= 11 is 7.71. The van der Waals surface area contributed by atoms with Crippen LogP contribution in [0.4, 0.5) is 5.13 Å². The number of hydrogen-bond donors (Lipinski definition) is 0. The molecule has 1 atom stereocenters. The van der Waals surface area contributed by atoms with Crippen molar-refractivity contribution in [2.75, 3.05) is 23.7 Å². The summed E-state index contributed by atoms with van der Waals surface area (Å²) in [6, 6.07) is 7.59. The number of anilines is 1. The molecule has 0 bridgehead atoms. The van der Waals surface area contributed by atoms with Gasteiger partial charge in [-0.3, -0.25) is 0 Å². The van der Waals surface area contributed by atoms with E-state index in [4.69, 9.17) is 11.6 Å². The lowest BCUT2D eigenvalue weighted by atomic mass is 10.2. The molecule has 21 heavy (non-hydrogen) atoms. The van der Waals surface area contributed by atoms with Crippen molar-refractivity contribution in [3.8, 4) is 11.3 Å². The molecule has 1 saturated heterocycles. The first-order valence-electron chi connectivity index (χ1n) is 6.64. The fourth-order valence-corrected chi connectivity index (χ4v) is 4.71. The van der Waals surface area contributed by atoms with Crippen LogP contribution in [0.2, 0.25) is 5.02 Å². The summed E-state index contributed by atoms with van der Waals surface area (Å²) in [6.07, 6.45) is 0. The Hall–Kier alpha value is -1.11. The number of sulfone groups is 1. The molecule has 3 rings (SSSR count). The van der Waals surface area contributed by atoms with Crippen LogP contribution in [0, 0.1) is 0 Å². The van der Waals surface area contributed by atoms with E-state index in [1.54, 1.807) is 6.92 Å². The molecule has 0 saturated carbocycles. The van der Waals surface area contributed by atoms with E-state index in [0.717, 1.165) is 16.4 Å². The molecule has 1 aromatic carbocycles. The van der Waals surface area contributed by atoms with Crippen molar-refractivity contribution < 1.29 is 8.42 Å². The van der Waals surface area contributed by atoms with Crippen LogP contribution in [0.1, 0.15) is 6.92 Å². The number of nitrogens with zero attached hydrogens (tertiary/aromatic N) is 2. The van der Waals surface area contributed by atoms with Gasteiger partial charge >= 0.3 is 0 Å². The minimum absolute atomic E-state index is 0.190. The second-order valence-corrected chi connectivity index (χ2v) is 8.90. The third-order valence-electron chi connectivity index (χ3n) is 3.65. The molecule has 0 amide bonds. The molecule has 7 heteroatoms. The van der Waals surface area contributed by atoms with Crippen molar-refractivity contribution >= 4 is 37.9 Å². The molecule has 1 fully saturated rings. The van der Waals surface area contributed by atoms with E-state index in [1.807, 2.05) is 34.5 Å². The zero-order valence-corrected chi connectivity index (χ0v) is 13.9. The molecule has 0 aliphatic carbocycles. The van der Waals surface area contributed by atoms with Crippen molar-refractivity contribution in [3.63, 3.8) is 0 Å². The van der Waals surface area contributed by atoms with Gasteiger partial charge in [-0.1, -0.05) is 29.8 Å². The van der Waals surface area contributed by atoms with Crippen molar-refractivity contribution in [3.05, 3.63) is 34.7 Å². The van der Waals surface area contributed by atoms with Crippen LogP contribution in [0.15, 0.2) is 29.6 Å². The van der Waals surface area contributed by atoms with E-state index in [2.05, 4.69) is 4.98 Å². The number of aromatic nitrogens is 1. The SMILES string of the molecule is CC1CN(c2nc(-c3ccccc3Cl)cs2)CCS1(=O)=O. The molecule has 1 aromatic heterocycles. The van der Waals surface area contributed by atoms with Crippen LogP contribution in [0.25, 0.3) is 11.3 Å². The Balaban J connectivity index is 1.85. The van der Waals surface area contributed by atoms with Gasteiger partial charge in [0.2, 0.25) is 0 Å². The molecule has 1 aliphatic rings. The van der Waals surface area contributed by atoms with Gasteiger partial charge in [0.1, 0.15) is 0 Å². The van der Waals surface area contributed by atoms with Gasteiger partial charge in [-0.2, -0.15) is 0 Å². The highest BCUT2D eigenvalue weighted by Crippen LogP contribution is 2.32. The predicted octanol–water partition coefficient (Wildman–Crippen LogP) is 3.09. The summed E-state index contributed by atoms with van der Waals surface area (Å²) in [7, 11) is -2.94. The van der Waals surface area contributed by atoms with Gasteiger partial charge in [-0.25, -0.2) is 13.4 Å². The molecule has 0 radical (unpaired) electrons. The number of benzene rings is 1. The molecule has 112 valence electrons. The molecule has 1 aliphatic heterocycles. The highest BCUT2D eigenvalue weighted by atomic mass is 35.5. The summed E-state index contributed by atoms with van der Waals surface area (Å²) in [4.78, 5) is 6.65. The molecule has 1 unspecified atom stereocenters. The number of hydrogen-bond acceptors (Lipinski definition) is 5. The van der Waals surface area contributed by atoms with Gasteiger partial charge in [0, 0.05) is 29.1 Å². The van der Waals surface area contributed by atoms with E-state index >= 15 is 0 Å². The van der Waals surface area contributed by atoms with Crippen LogP contribution >= 0.6 is 22.9 Å². The molecular weight excluding hydrogens is 328 g/mol. The first kappa shape index (κ1) is 14.8. The van der Waals surface area contributed by atoms with E-state index in [9.17, 15) is 8.42 Å². The standard InChI is InChI=1S/C14H15ClN2O2S2/c1-10-8-17(6-7-21(10,18)19)14-16-13(9-20-14)11-4-2-3-5-12(11)15/h2-5,9-10H,6-8H2,1H3. The highest BCUT2D eigenvalue weighted by molar-refractivity contribution is 7.92. The van der Waals surface area contributed by atoms with Gasteiger partial charge < -0.3 is 4.90 Å². The number of halogens is 1. The van der Waals surface area contributed by atoms with E-state index in [0.29, 0.717) is 18.1 Å². The summed E-state index contributed by atoms with van der Waals surface area (Å²) < 4.78 is 23.5. The first-order valence-corrected chi connectivity index (χ1v) is 9.61. The van der Waals surface area contributed by atoms with Crippen LogP contribution in [-0.2, 0) is 9.84 Å². The molecule has 2 heterocycles. The number of rotatable bonds is 2. The van der Waals surface area contributed by atoms with E-state index in [-0.39, 0.29) is 11.0 Å². The third-order valence-corrected chi connectivity index (χ3v) is 7.01. The van der Waals surface area contributed by atoms with Crippen LogP contribution in [0.5, 0.6) is 0 Å². The van der Waals surface area contributed by atoms with E-state index in [1.165, 1.54) is 11.3 Å². The Morgan fingerprint density at radius 1 is 1.38 bits per heavy atom. The largest absolute Gasteiger partial charge is 0.346 e. The van der Waals surface area contributed by atoms with Gasteiger partial charge in [0.25, 0.3) is 0 Å². The molecule has 0 spiro atoms. The predicted molar refractivity (Wildman–Crippen MR) is 88.0 cm³/mol. The van der Waals surface area contributed by atoms with Gasteiger partial charge in [-0.15, -0.1) is 11.3 Å². The summed E-state index contributed by atoms with van der Waals surface area (Å²) in [6.45, 7) is 2.75. The van der Waals surface area contributed by atoms with E-state index < -0.39 is 9.84 Å². The zero-order valence-electron chi connectivity index (χ0n) is 11.5. The highest BCUT2D eigenvalue weighted by Gasteiger charge is 2.30. The Morgan fingerprint density at radius 2 is 2.14 bits per heavy atom. The number of thiazole rings is 1. The van der Waals surface area contributed by atoms with Crippen molar-refractivity contribution in [1.29, 1.82) is 0 Å². The fraction of sp³-hybridized carbons (Fsp3) is 0.357. The Bertz CT molecular complexity index is 758. The molecule has 2 aromatic rings. The summed E-state index contributed by atoms with van der Waals surface area (Å²) in [5, 5.41) is 3.14. The maximum atomic E-state index is 11.8. The first-order chi connectivity index (χ1) is 9.97. The Kier molecular flexibility index (Phi) is 3.94. The quantitative estimate of drug-likeness (QED) is 0.841. The third kappa shape index (κ3) is 2.93. The average Bonchev–Trinajstić information content (AvgIpc) is 2.92. The zero-order chi connectivity index (χ0) is 15.0. The minimum atomic E-state index is -2.94. The van der Waals surface area contributed by atoms with Crippen LogP contribution in [-0.4, -0.2) is 37.5 Å². The second kappa shape index (κ2) is 5.59. The summed E-state index contributed by atoms with van der Waals surface area (Å²) in [5.74, 6) is 0.190. The normalized spacial score (nSPS) is 21.4.